The van der Waals surface area contributed by atoms with Crippen molar-refractivity contribution in [1.82, 2.24) is 4.90 Å². The summed E-state index contributed by atoms with van der Waals surface area (Å²) in [4.78, 5) is 27.7. The number of carbonyl (C=O) groups excluding carboxylic acids is 2. The van der Waals surface area contributed by atoms with E-state index < -0.39 is 0 Å². The van der Waals surface area contributed by atoms with E-state index in [2.05, 4.69) is 0 Å². The van der Waals surface area contributed by atoms with Crippen LogP contribution in [0.2, 0.25) is 0 Å². The molecule has 3 aliphatic rings. The zero-order chi connectivity index (χ0) is 18.1. The Bertz CT molecular complexity index is 644. The Morgan fingerprint density at radius 3 is 2.07 bits per heavy atom. The first-order valence-electron chi connectivity index (χ1n) is 10.3. The Balaban J connectivity index is 0.00000210. The number of carbonyl (C=O) groups is 2. The lowest BCUT2D eigenvalue weighted by Crippen LogP contribution is -2.51. The Morgan fingerprint density at radius 1 is 0.889 bits per heavy atom. The molecule has 0 aromatic heterocycles. The zero-order valence-corrected chi connectivity index (χ0v) is 16.7. The molecule has 3 fully saturated rings. The second-order valence-electron chi connectivity index (χ2n) is 8.53. The van der Waals surface area contributed by atoms with E-state index in [9.17, 15) is 9.59 Å². The number of benzene rings is 1. The van der Waals surface area contributed by atoms with Crippen LogP contribution in [0, 0.1) is 23.7 Å². The van der Waals surface area contributed by atoms with Crippen molar-refractivity contribution >= 4 is 24.1 Å². The molecule has 27 heavy (non-hydrogen) atoms. The first-order chi connectivity index (χ1) is 12.6. The summed E-state index contributed by atoms with van der Waals surface area (Å²) in [6, 6.07) is 9.85. The van der Waals surface area contributed by atoms with Crippen LogP contribution in [0.15, 0.2) is 30.3 Å². The molecule has 1 heterocycles. The van der Waals surface area contributed by atoms with E-state index in [4.69, 9.17) is 5.73 Å². The van der Waals surface area contributed by atoms with Crippen LogP contribution >= 0.6 is 12.4 Å². The number of halogens is 1. The Hall–Kier alpha value is -1.39. The Kier molecular flexibility index (Phi) is 6.59. The fourth-order valence-electron chi connectivity index (χ4n) is 5.45. The van der Waals surface area contributed by atoms with Crippen molar-refractivity contribution < 1.29 is 9.59 Å². The van der Waals surface area contributed by atoms with Crippen molar-refractivity contribution in [3.8, 4) is 0 Å². The summed E-state index contributed by atoms with van der Waals surface area (Å²) in [7, 11) is 0. The summed E-state index contributed by atoms with van der Waals surface area (Å²) < 4.78 is 0. The van der Waals surface area contributed by atoms with Crippen molar-refractivity contribution in [3.05, 3.63) is 35.9 Å². The number of amides is 1. The van der Waals surface area contributed by atoms with Gasteiger partial charge in [0.1, 0.15) is 0 Å². The molecule has 1 saturated heterocycles. The first-order valence-corrected chi connectivity index (χ1v) is 10.3. The maximum Gasteiger partial charge on any atom is 0.225 e. The monoisotopic (exact) mass is 390 g/mol. The van der Waals surface area contributed by atoms with Crippen molar-refractivity contribution in [2.75, 3.05) is 13.1 Å². The number of fused-ring (bicyclic) bond motifs is 2. The standard InChI is InChI=1S/C22H30N2O2.ClH/c23-20-17-7-4-8-18(20)14-19(13-17)22(26)24-11-9-16(10-12-24)21(25)15-5-2-1-3-6-15;/h1-3,5-6,16-20H,4,7-14,23H2;1H. The second-order valence-corrected chi connectivity index (χ2v) is 8.53. The highest BCUT2D eigenvalue weighted by Gasteiger charge is 2.42. The van der Waals surface area contributed by atoms with Gasteiger partial charge in [0, 0.05) is 36.5 Å². The lowest BCUT2D eigenvalue weighted by atomic mass is 9.65. The number of nitrogens with zero attached hydrogens (tertiary/aromatic N) is 1. The highest BCUT2D eigenvalue weighted by molar-refractivity contribution is 5.98. The van der Waals surface area contributed by atoms with Gasteiger partial charge in [0.2, 0.25) is 5.91 Å². The van der Waals surface area contributed by atoms with Crippen molar-refractivity contribution in [1.29, 1.82) is 0 Å². The fraction of sp³-hybridized carbons (Fsp3) is 0.636. The van der Waals surface area contributed by atoms with Crippen LogP contribution in [0.4, 0.5) is 0 Å². The molecule has 1 amide bonds. The average molecular weight is 391 g/mol. The molecule has 0 radical (unpaired) electrons. The van der Waals surface area contributed by atoms with Gasteiger partial charge in [-0.2, -0.15) is 0 Å². The molecule has 2 saturated carbocycles. The molecule has 0 spiro atoms. The molecule has 4 rings (SSSR count). The van der Waals surface area contributed by atoms with Gasteiger partial charge in [-0.3, -0.25) is 9.59 Å². The molecular weight excluding hydrogens is 360 g/mol. The summed E-state index contributed by atoms with van der Waals surface area (Å²) in [5.41, 5.74) is 7.17. The fourth-order valence-corrected chi connectivity index (χ4v) is 5.45. The van der Waals surface area contributed by atoms with Gasteiger partial charge in [-0.1, -0.05) is 36.8 Å². The summed E-state index contributed by atoms with van der Waals surface area (Å²) in [5, 5.41) is 0. The largest absolute Gasteiger partial charge is 0.342 e. The maximum absolute atomic E-state index is 13.0. The number of Topliss-reactive ketones (excluding diaryl/α,β-unsaturated/α-hetero) is 1. The molecule has 5 heteroatoms. The zero-order valence-electron chi connectivity index (χ0n) is 15.9. The third-order valence-electron chi connectivity index (χ3n) is 7.00. The summed E-state index contributed by atoms with van der Waals surface area (Å²) >= 11 is 0. The molecule has 1 aromatic carbocycles. The normalized spacial score (nSPS) is 31.1. The highest BCUT2D eigenvalue weighted by Crippen LogP contribution is 2.42. The molecule has 2 unspecified atom stereocenters. The van der Waals surface area contributed by atoms with Gasteiger partial charge in [0.05, 0.1) is 0 Å². The molecule has 1 aliphatic heterocycles. The van der Waals surface area contributed by atoms with Gasteiger partial charge in [-0.15, -0.1) is 12.4 Å². The van der Waals surface area contributed by atoms with Crippen LogP contribution in [0.1, 0.15) is 55.3 Å². The van der Waals surface area contributed by atoms with Gasteiger partial charge in [-0.25, -0.2) is 0 Å². The summed E-state index contributed by atoms with van der Waals surface area (Å²) in [5.74, 6) is 1.84. The topological polar surface area (TPSA) is 63.4 Å². The predicted molar refractivity (Wildman–Crippen MR) is 109 cm³/mol. The van der Waals surface area contributed by atoms with E-state index in [-0.39, 0.29) is 30.0 Å². The molecular formula is C22H31ClN2O2. The lowest BCUT2D eigenvalue weighted by molar-refractivity contribution is -0.139. The number of hydrogen-bond donors (Lipinski definition) is 1. The molecule has 2 aliphatic carbocycles. The van der Waals surface area contributed by atoms with E-state index in [1.165, 1.54) is 19.3 Å². The van der Waals surface area contributed by atoms with Crippen LogP contribution < -0.4 is 5.73 Å². The highest BCUT2D eigenvalue weighted by atomic mass is 35.5. The first kappa shape index (κ1) is 20.3. The summed E-state index contributed by atoms with van der Waals surface area (Å²) in [6.07, 6.45) is 7.18. The third-order valence-corrected chi connectivity index (χ3v) is 7.00. The van der Waals surface area contributed by atoms with E-state index in [1.807, 2.05) is 35.2 Å². The van der Waals surface area contributed by atoms with Crippen LogP contribution in [-0.4, -0.2) is 35.7 Å². The minimum Gasteiger partial charge on any atom is -0.342 e. The molecule has 148 valence electrons. The van der Waals surface area contributed by atoms with Crippen LogP contribution in [0.25, 0.3) is 0 Å². The molecule has 2 N–H and O–H groups in total. The molecule has 4 nitrogen and oxygen atoms in total. The summed E-state index contributed by atoms with van der Waals surface area (Å²) in [6.45, 7) is 1.44. The van der Waals surface area contributed by atoms with Gasteiger partial charge in [0.15, 0.2) is 5.78 Å². The van der Waals surface area contributed by atoms with Crippen molar-refractivity contribution in [3.63, 3.8) is 0 Å². The number of hydrogen-bond acceptors (Lipinski definition) is 3. The van der Waals surface area contributed by atoms with Gasteiger partial charge < -0.3 is 10.6 Å². The van der Waals surface area contributed by atoms with E-state index in [0.29, 0.717) is 23.8 Å². The minimum atomic E-state index is 0. The quantitative estimate of drug-likeness (QED) is 0.800. The van der Waals surface area contributed by atoms with Crippen LogP contribution in [-0.2, 0) is 4.79 Å². The van der Waals surface area contributed by atoms with Crippen molar-refractivity contribution in [2.24, 2.45) is 29.4 Å². The van der Waals surface area contributed by atoms with Crippen molar-refractivity contribution in [2.45, 2.75) is 51.0 Å². The lowest BCUT2D eigenvalue weighted by Gasteiger charge is -2.45. The van der Waals surface area contributed by atoms with Crippen LogP contribution in [0.3, 0.4) is 0 Å². The third kappa shape index (κ3) is 4.22. The van der Waals surface area contributed by atoms with E-state index in [1.54, 1.807) is 0 Å². The second kappa shape index (κ2) is 8.74. The Morgan fingerprint density at radius 2 is 1.48 bits per heavy atom. The Labute approximate surface area is 168 Å². The number of likely N-dealkylation sites (tertiary alicyclic amines) is 1. The number of nitrogens with two attached hydrogens (primary N) is 1. The number of ketones is 1. The molecule has 2 bridgehead atoms. The van der Waals surface area contributed by atoms with Gasteiger partial charge in [-0.05, 0) is 50.4 Å². The minimum absolute atomic E-state index is 0. The molecule has 2 atom stereocenters. The van der Waals surface area contributed by atoms with Crippen LogP contribution in [0.5, 0.6) is 0 Å². The predicted octanol–water partition coefficient (Wildman–Crippen LogP) is 3.68. The van der Waals surface area contributed by atoms with Gasteiger partial charge >= 0.3 is 0 Å². The van der Waals surface area contributed by atoms with E-state index in [0.717, 1.165) is 44.3 Å². The number of piperidine rings is 1. The number of rotatable bonds is 3. The van der Waals surface area contributed by atoms with E-state index >= 15 is 0 Å². The maximum atomic E-state index is 13.0. The average Bonchev–Trinajstić information content (AvgIpc) is 2.67. The van der Waals surface area contributed by atoms with Gasteiger partial charge in [0.25, 0.3) is 0 Å². The smallest absolute Gasteiger partial charge is 0.225 e. The SMILES string of the molecule is Cl.NC1C2CCCC1CC(C(=O)N1CCC(C(=O)c3ccccc3)CC1)C2. The molecule has 1 aromatic rings.